The van der Waals surface area contributed by atoms with Gasteiger partial charge in [-0.05, 0) is 32.3 Å². The molecular weight excluding hydrogens is 513 g/mol. The van der Waals surface area contributed by atoms with Gasteiger partial charge in [0.2, 0.25) is 0 Å². The molecule has 1 fully saturated rings. The van der Waals surface area contributed by atoms with Gasteiger partial charge in [-0.15, -0.1) is 0 Å². The number of likely N-dealkylation sites (N-methyl/N-ethyl adjacent to an activating group) is 1. The van der Waals surface area contributed by atoms with Crippen molar-refractivity contribution in [2.45, 2.75) is 18.9 Å². The van der Waals surface area contributed by atoms with Gasteiger partial charge in [-0.25, -0.2) is 9.18 Å². The number of hydrogen-bond acceptors (Lipinski definition) is 8. The Morgan fingerprint density at radius 1 is 1.29 bits per heavy atom. The van der Waals surface area contributed by atoms with Crippen LogP contribution in [0.25, 0.3) is 10.9 Å². The molecule has 1 amide bonds. The van der Waals surface area contributed by atoms with Crippen LogP contribution in [0, 0.1) is 17.1 Å². The molecular formula is C27H29ClFN5O4. The molecule has 1 aliphatic heterocycles. The van der Waals surface area contributed by atoms with E-state index in [2.05, 4.69) is 16.4 Å². The highest BCUT2D eigenvalue weighted by Gasteiger charge is 2.26. The SMILES string of the molecule is COc1cc2ncc(C#N)c(Nc3cccc(Cl)c3F)c2cc1OC1CCN(C(=O)OCCN(C)C)CC1. The molecule has 200 valence electrons. The Labute approximate surface area is 225 Å². The average Bonchev–Trinajstić information content (AvgIpc) is 2.91. The number of hydrogen-bond donors (Lipinski definition) is 1. The zero-order valence-electron chi connectivity index (χ0n) is 21.5. The number of benzene rings is 2. The number of aromatic nitrogens is 1. The van der Waals surface area contributed by atoms with Crippen LogP contribution in [0.1, 0.15) is 18.4 Å². The Bertz CT molecular complexity index is 1360. The lowest BCUT2D eigenvalue weighted by molar-refractivity contribution is 0.0638. The van der Waals surface area contributed by atoms with Crippen molar-refractivity contribution in [3.05, 3.63) is 52.9 Å². The van der Waals surface area contributed by atoms with Gasteiger partial charge < -0.3 is 29.3 Å². The van der Waals surface area contributed by atoms with E-state index in [-0.39, 0.29) is 28.5 Å². The molecule has 3 aromatic rings. The fourth-order valence-corrected chi connectivity index (χ4v) is 4.32. The quantitative estimate of drug-likeness (QED) is 0.416. The third-order valence-corrected chi connectivity index (χ3v) is 6.53. The van der Waals surface area contributed by atoms with Gasteiger partial charge >= 0.3 is 6.09 Å². The minimum Gasteiger partial charge on any atom is -0.493 e. The summed E-state index contributed by atoms with van der Waals surface area (Å²) in [5, 5.41) is 13.2. The normalized spacial score (nSPS) is 13.9. The van der Waals surface area contributed by atoms with Crippen LogP contribution in [-0.2, 0) is 4.74 Å². The maximum absolute atomic E-state index is 14.6. The molecule has 0 aliphatic carbocycles. The Balaban J connectivity index is 1.55. The molecule has 1 aromatic heterocycles. The van der Waals surface area contributed by atoms with E-state index in [1.165, 1.54) is 25.4 Å². The number of amides is 1. The minimum absolute atomic E-state index is 0.0366. The molecule has 0 bridgehead atoms. The van der Waals surface area contributed by atoms with E-state index >= 15 is 0 Å². The third-order valence-electron chi connectivity index (χ3n) is 6.24. The maximum atomic E-state index is 14.6. The molecule has 1 N–H and O–H groups in total. The number of pyridine rings is 1. The number of rotatable bonds is 8. The first-order valence-corrected chi connectivity index (χ1v) is 12.5. The third kappa shape index (κ3) is 6.18. The minimum atomic E-state index is -0.625. The lowest BCUT2D eigenvalue weighted by Crippen LogP contribution is -2.42. The van der Waals surface area contributed by atoms with Gasteiger partial charge in [0.15, 0.2) is 17.3 Å². The largest absolute Gasteiger partial charge is 0.493 e. The second-order valence-corrected chi connectivity index (χ2v) is 9.53. The maximum Gasteiger partial charge on any atom is 0.409 e. The fourth-order valence-electron chi connectivity index (χ4n) is 4.15. The van der Waals surface area contributed by atoms with Crippen LogP contribution in [0.15, 0.2) is 36.5 Å². The van der Waals surface area contributed by atoms with Crippen LogP contribution in [0.3, 0.4) is 0 Å². The Morgan fingerprint density at radius 2 is 2.05 bits per heavy atom. The van der Waals surface area contributed by atoms with E-state index in [1.807, 2.05) is 19.0 Å². The first-order valence-electron chi connectivity index (χ1n) is 12.2. The zero-order valence-corrected chi connectivity index (χ0v) is 22.2. The molecule has 38 heavy (non-hydrogen) atoms. The van der Waals surface area contributed by atoms with E-state index in [0.29, 0.717) is 67.2 Å². The van der Waals surface area contributed by atoms with Gasteiger partial charge in [-0.1, -0.05) is 17.7 Å². The summed E-state index contributed by atoms with van der Waals surface area (Å²) >= 11 is 5.95. The van der Waals surface area contributed by atoms with Crippen molar-refractivity contribution in [2.24, 2.45) is 0 Å². The molecule has 1 aliphatic rings. The van der Waals surface area contributed by atoms with E-state index in [9.17, 15) is 14.4 Å². The number of likely N-dealkylation sites (tertiary alicyclic amines) is 1. The van der Waals surface area contributed by atoms with Crippen LogP contribution in [0.2, 0.25) is 5.02 Å². The molecule has 2 heterocycles. The van der Waals surface area contributed by atoms with E-state index in [1.54, 1.807) is 23.1 Å². The number of anilines is 2. The summed E-state index contributed by atoms with van der Waals surface area (Å²) < 4.78 is 31.8. The number of halogens is 2. The highest BCUT2D eigenvalue weighted by Crippen LogP contribution is 2.39. The number of fused-ring (bicyclic) bond motifs is 1. The molecule has 0 radical (unpaired) electrons. The predicted molar refractivity (Wildman–Crippen MR) is 143 cm³/mol. The molecule has 0 saturated carbocycles. The highest BCUT2D eigenvalue weighted by atomic mass is 35.5. The van der Waals surface area contributed by atoms with Crippen molar-refractivity contribution in [1.29, 1.82) is 5.26 Å². The van der Waals surface area contributed by atoms with Crippen molar-refractivity contribution in [3.63, 3.8) is 0 Å². The van der Waals surface area contributed by atoms with E-state index < -0.39 is 5.82 Å². The van der Waals surface area contributed by atoms with Gasteiger partial charge in [-0.2, -0.15) is 5.26 Å². The molecule has 4 rings (SSSR count). The van der Waals surface area contributed by atoms with Gasteiger partial charge in [0.25, 0.3) is 0 Å². The van der Waals surface area contributed by atoms with Crippen LogP contribution in [0.5, 0.6) is 11.5 Å². The fraction of sp³-hybridized carbons (Fsp3) is 0.370. The van der Waals surface area contributed by atoms with Crippen molar-refractivity contribution in [1.82, 2.24) is 14.8 Å². The van der Waals surface area contributed by atoms with Crippen molar-refractivity contribution >= 4 is 40.0 Å². The van der Waals surface area contributed by atoms with Gasteiger partial charge in [0.05, 0.1) is 34.6 Å². The molecule has 0 spiro atoms. The van der Waals surface area contributed by atoms with Crippen molar-refractivity contribution in [3.8, 4) is 17.6 Å². The molecule has 0 atom stereocenters. The second kappa shape index (κ2) is 12.2. The topological polar surface area (TPSA) is 99.9 Å². The lowest BCUT2D eigenvalue weighted by atomic mass is 10.1. The standard InChI is InChI=1S/C27H29ClFN5O4/c1-33(2)11-12-37-27(35)34-9-7-18(8-10-34)38-24-13-19-22(14-23(24)36-3)31-16-17(15-30)26(19)32-21-6-4-5-20(28)25(21)29/h4-6,13-14,16,18H,7-12H2,1-3H3,(H,31,32). The number of methoxy groups -OCH3 is 1. The lowest BCUT2D eigenvalue weighted by Gasteiger charge is -2.32. The van der Waals surface area contributed by atoms with Gasteiger partial charge in [0.1, 0.15) is 18.8 Å². The summed E-state index contributed by atoms with van der Waals surface area (Å²) in [7, 11) is 5.37. The van der Waals surface area contributed by atoms with Gasteiger partial charge in [0, 0.05) is 50.1 Å². The molecule has 1 saturated heterocycles. The number of piperidine rings is 1. The summed E-state index contributed by atoms with van der Waals surface area (Å²) in [6.45, 7) is 2.01. The molecule has 2 aromatic carbocycles. The molecule has 9 nitrogen and oxygen atoms in total. The van der Waals surface area contributed by atoms with Crippen LogP contribution in [0.4, 0.5) is 20.6 Å². The monoisotopic (exact) mass is 541 g/mol. The summed E-state index contributed by atoms with van der Waals surface area (Å²) in [6, 6.07) is 10.1. The molecule has 11 heteroatoms. The number of ether oxygens (including phenoxy) is 3. The molecule has 0 unspecified atom stereocenters. The second-order valence-electron chi connectivity index (χ2n) is 9.13. The smallest absolute Gasteiger partial charge is 0.409 e. The highest BCUT2D eigenvalue weighted by molar-refractivity contribution is 6.31. The zero-order chi connectivity index (χ0) is 27.2. The Kier molecular flexibility index (Phi) is 8.71. The summed E-state index contributed by atoms with van der Waals surface area (Å²) in [5.74, 6) is 0.304. The average molecular weight is 542 g/mol. The number of nitrogens with one attached hydrogen (secondary N) is 1. The number of nitriles is 1. The van der Waals surface area contributed by atoms with Crippen molar-refractivity contribution in [2.75, 3.05) is 52.8 Å². The summed E-state index contributed by atoms with van der Waals surface area (Å²) in [4.78, 5) is 20.3. The first-order chi connectivity index (χ1) is 18.3. The van der Waals surface area contributed by atoms with Crippen LogP contribution in [-0.4, -0.2) is 74.4 Å². The van der Waals surface area contributed by atoms with Crippen molar-refractivity contribution < 1.29 is 23.4 Å². The summed E-state index contributed by atoms with van der Waals surface area (Å²) in [6.07, 6.45) is 2.15. The number of carbonyl (C=O) groups is 1. The van der Waals surface area contributed by atoms with E-state index in [4.69, 9.17) is 25.8 Å². The Hall–Kier alpha value is -3.81. The number of nitrogens with zero attached hydrogens (tertiary/aromatic N) is 4. The van der Waals surface area contributed by atoms with Crippen LogP contribution >= 0.6 is 11.6 Å². The predicted octanol–water partition coefficient (Wildman–Crippen LogP) is 5.19. The summed E-state index contributed by atoms with van der Waals surface area (Å²) in [5.41, 5.74) is 1.27. The Morgan fingerprint density at radius 3 is 2.74 bits per heavy atom. The van der Waals surface area contributed by atoms with Gasteiger partial charge in [-0.3, -0.25) is 4.98 Å². The number of carbonyl (C=O) groups excluding carboxylic acids is 1. The van der Waals surface area contributed by atoms with Crippen LogP contribution < -0.4 is 14.8 Å². The first kappa shape index (κ1) is 27.2. The van der Waals surface area contributed by atoms with E-state index in [0.717, 1.165) is 0 Å².